The molecule has 1 atom stereocenters. The first-order valence-corrected chi connectivity index (χ1v) is 6.92. The van der Waals surface area contributed by atoms with Crippen LogP contribution in [-0.2, 0) is 4.79 Å². The molecule has 1 saturated heterocycles. The van der Waals surface area contributed by atoms with Gasteiger partial charge in [0.05, 0.1) is 6.04 Å². The van der Waals surface area contributed by atoms with Crippen molar-refractivity contribution < 1.29 is 9.90 Å². The molecule has 0 aliphatic carbocycles. The first-order chi connectivity index (χ1) is 8.22. The van der Waals surface area contributed by atoms with Crippen LogP contribution in [0.2, 0.25) is 0 Å². The third-order valence-corrected chi connectivity index (χ3v) is 4.07. The number of amides is 1. The van der Waals surface area contributed by atoms with Crippen molar-refractivity contribution in [2.75, 3.05) is 24.7 Å². The molecule has 1 aliphatic heterocycles. The van der Waals surface area contributed by atoms with Crippen molar-refractivity contribution in [3.05, 3.63) is 35.4 Å². The fourth-order valence-electron chi connectivity index (χ4n) is 2.06. The van der Waals surface area contributed by atoms with Crippen LogP contribution in [0.3, 0.4) is 0 Å². The third kappa shape index (κ3) is 2.82. The van der Waals surface area contributed by atoms with Gasteiger partial charge < -0.3 is 10.0 Å². The summed E-state index contributed by atoms with van der Waals surface area (Å²) in [6.07, 6.45) is 0. The van der Waals surface area contributed by atoms with Gasteiger partial charge in [0.15, 0.2) is 0 Å². The summed E-state index contributed by atoms with van der Waals surface area (Å²) in [5.74, 6) is 1.69. The highest BCUT2D eigenvalue weighted by molar-refractivity contribution is 7.99. The number of carbonyl (C=O) groups is 1. The summed E-state index contributed by atoms with van der Waals surface area (Å²) in [6, 6.07) is 8.38. The van der Waals surface area contributed by atoms with Gasteiger partial charge in [-0.1, -0.05) is 29.8 Å². The number of benzene rings is 1. The highest BCUT2D eigenvalue weighted by Crippen LogP contribution is 2.29. The summed E-state index contributed by atoms with van der Waals surface area (Å²) in [4.78, 5) is 13.5. The van der Waals surface area contributed by atoms with Crippen LogP contribution in [-0.4, -0.2) is 40.6 Å². The van der Waals surface area contributed by atoms with Crippen molar-refractivity contribution >= 4 is 17.7 Å². The Morgan fingerprint density at radius 2 is 2.18 bits per heavy atom. The van der Waals surface area contributed by atoms with Crippen molar-refractivity contribution in [3.63, 3.8) is 0 Å². The molecular formula is C13H17NO2S. The molecule has 3 nitrogen and oxygen atoms in total. The lowest BCUT2D eigenvalue weighted by atomic mass is 10.0. The average Bonchev–Trinajstić information content (AvgIpc) is 2.39. The third-order valence-electron chi connectivity index (χ3n) is 3.05. The zero-order valence-electron chi connectivity index (χ0n) is 9.93. The second kappa shape index (κ2) is 5.56. The minimum absolute atomic E-state index is 0.106. The van der Waals surface area contributed by atoms with Crippen LogP contribution in [0, 0.1) is 6.92 Å². The summed E-state index contributed by atoms with van der Waals surface area (Å²) in [5.41, 5.74) is 2.38. The molecule has 0 bridgehead atoms. The van der Waals surface area contributed by atoms with Gasteiger partial charge in [0.25, 0.3) is 0 Å². The molecule has 1 amide bonds. The predicted octanol–water partition coefficient (Wildman–Crippen LogP) is 1.60. The van der Waals surface area contributed by atoms with Crippen LogP contribution in [0.4, 0.5) is 0 Å². The summed E-state index contributed by atoms with van der Waals surface area (Å²) in [5, 5.41) is 9.00. The van der Waals surface area contributed by atoms with Crippen molar-refractivity contribution in [3.8, 4) is 0 Å². The summed E-state index contributed by atoms with van der Waals surface area (Å²) in [7, 11) is 0. The Kier molecular flexibility index (Phi) is 4.07. The van der Waals surface area contributed by atoms with Gasteiger partial charge >= 0.3 is 0 Å². The van der Waals surface area contributed by atoms with Crippen LogP contribution in [0.15, 0.2) is 24.3 Å². The lowest BCUT2D eigenvalue weighted by molar-refractivity contribution is -0.136. The topological polar surface area (TPSA) is 40.5 Å². The molecule has 1 aromatic carbocycles. The fourth-order valence-corrected chi connectivity index (χ4v) is 3.15. The first kappa shape index (κ1) is 12.5. The van der Waals surface area contributed by atoms with E-state index in [1.807, 2.05) is 11.8 Å². The molecule has 1 unspecified atom stereocenters. The number of carbonyl (C=O) groups excluding carboxylic acids is 1. The van der Waals surface area contributed by atoms with E-state index in [4.69, 9.17) is 5.11 Å². The standard InChI is InChI=1S/C13H17NO2S/c1-10-2-4-11(5-3-10)12-9-17-7-6-14(12)13(16)8-15/h2-5,12,15H,6-9H2,1H3. The maximum Gasteiger partial charge on any atom is 0.248 e. The number of aryl methyl sites for hydroxylation is 1. The van der Waals surface area contributed by atoms with E-state index in [0.29, 0.717) is 0 Å². The summed E-state index contributed by atoms with van der Waals surface area (Å²) in [6.45, 7) is 2.38. The lowest BCUT2D eigenvalue weighted by Gasteiger charge is -2.35. The quantitative estimate of drug-likeness (QED) is 0.868. The van der Waals surface area contributed by atoms with Crippen molar-refractivity contribution in [1.29, 1.82) is 0 Å². The largest absolute Gasteiger partial charge is 0.387 e. The average molecular weight is 251 g/mol. The van der Waals surface area contributed by atoms with E-state index >= 15 is 0 Å². The van der Waals surface area contributed by atoms with Gasteiger partial charge in [0.2, 0.25) is 5.91 Å². The molecule has 2 rings (SSSR count). The number of nitrogens with zero attached hydrogens (tertiary/aromatic N) is 1. The van der Waals surface area contributed by atoms with Gasteiger partial charge in [-0.3, -0.25) is 4.79 Å². The Balaban J connectivity index is 2.21. The van der Waals surface area contributed by atoms with Crippen LogP contribution >= 0.6 is 11.8 Å². The Hall–Kier alpha value is -1.00. The lowest BCUT2D eigenvalue weighted by Crippen LogP contribution is -2.42. The molecule has 0 saturated carbocycles. The van der Waals surface area contributed by atoms with Gasteiger partial charge in [-0.25, -0.2) is 0 Å². The number of hydrogen-bond acceptors (Lipinski definition) is 3. The van der Waals surface area contributed by atoms with E-state index in [2.05, 4.69) is 31.2 Å². The number of aliphatic hydroxyl groups excluding tert-OH is 1. The number of aliphatic hydroxyl groups is 1. The van der Waals surface area contributed by atoms with Crippen LogP contribution in [0.1, 0.15) is 17.2 Å². The van der Waals surface area contributed by atoms with Crippen LogP contribution in [0.25, 0.3) is 0 Å². The van der Waals surface area contributed by atoms with Gasteiger partial charge in [-0.15, -0.1) is 0 Å². The SMILES string of the molecule is Cc1ccc(C2CSCCN2C(=O)CO)cc1. The number of thioether (sulfide) groups is 1. The maximum atomic E-state index is 11.7. The van der Waals surface area contributed by atoms with E-state index in [-0.39, 0.29) is 11.9 Å². The Bertz CT molecular complexity index is 391. The van der Waals surface area contributed by atoms with E-state index in [1.54, 1.807) is 4.90 Å². The first-order valence-electron chi connectivity index (χ1n) is 5.77. The van der Waals surface area contributed by atoms with Crippen molar-refractivity contribution in [2.45, 2.75) is 13.0 Å². The zero-order valence-corrected chi connectivity index (χ0v) is 10.7. The molecule has 4 heteroatoms. The van der Waals surface area contributed by atoms with E-state index in [9.17, 15) is 4.79 Å². The van der Waals surface area contributed by atoms with Gasteiger partial charge in [0.1, 0.15) is 6.61 Å². The minimum Gasteiger partial charge on any atom is -0.387 e. The Labute approximate surface area is 106 Å². The highest BCUT2D eigenvalue weighted by atomic mass is 32.2. The molecule has 1 N–H and O–H groups in total. The number of rotatable bonds is 2. The summed E-state index contributed by atoms with van der Waals surface area (Å²) < 4.78 is 0. The van der Waals surface area contributed by atoms with Crippen molar-refractivity contribution in [2.24, 2.45) is 0 Å². The van der Waals surface area contributed by atoms with E-state index in [0.717, 1.165) is 23.6 Å². The zero-order chi connectivity index (χ0) is 12.3. The minimum atomic E-state index is -0.396. The molecule has 17 heavy (non-hydrogen) atoms. The van der Waals surface area contributed by atoms with Crippen LogP contribution in [0.5, 0.6) is 0 Å². The van der Waals surface area contributed by atoms with Crippen LogP contribution < -0.4 is 0 Å². The second-order valence-electron chi connectivity index (χ2n) is 4.25. The maximum absolute atomic E-state index is 11.7. The molecule has 1 heterocycles. The van der Waals surface area contributed by atoms with Crippen molar-refractivity contribution in [1.82, 2.24) is 4.90 Å². The molecule has 1 aromatic rings. The molecule has 0 spiro atoms. The monoisotopic (exact) mass is 251 g/mol. The molecule has 0 aromatic heterocycles. The van der Waals surface area contributed by atoms with Gasteiger partial charge in [0, 0.05) is 18.1 Å². The predicted molar refractivity (Wildman–Crippen MR) is 70.0 cm³/mol. The Morgan fingerprint density at radius 3 is 2.82 bits per heavy atom. The highest BCUT2D eigenvalue weighted by Gasteiger charge is 2.27. The van der Waals surface area contributed by atoms with Gasteiger partial charge in [-0.2, -0.15) is 11.8 Å². The van der Waals surface area contributed by atoms with E-state index in [1.165, 1.54) is 5.56 Å². The normalized spacial score (nSPS) is 20.4. The molecule has 1 aliphatic rings. The summed E-state index contributed by atoms with van der Waals surface area (Å²) >= 11 is 1.86. The fraction of sp³-hybridized carbons (Fsp3) is 0.462. The number of hydrogen-bond donors (Lipinski definition) is 1. The molecule has 0 radical (unpaired) electrons. The molecular weight excluding hydrogens is 234 g/mol. The molecule has 92 valence electrons. The molecule has 1 fully saturated rings. The second-order valence-corrected chi connectivity index (χ2v) is 5.40. The smallest absolute Gasteiger partial charge is 0.248 e. The Morgan fingerprint density at radius 1 is 1.47 bits per heavy atom. The van der Waals surface area contributed by atoms with E-state index < -0.39 is 6.61 Å². The van der Waals surface area contributed by atoms with Gasteiger partial charge in [-0.05, 0) is 12.5 Å².